The van der Waals surface area contributed by atoms with E-state index < -0.39 is 0 Å². The van der Waals surface area contributed by atoms with Gasteiger partial charge in [-0.25, -0.2) is 0 Å². The van der Waals surface area contributed by atoms with Crippen LogP contribution in [0.5, 0.6) is 0 Å². The summed E-state index contributed by atoms with van der Waals surface area (Å²) in [6, 6.07) is 2.24. The second-order valence-corrected chi connectivity index (χ2v) is 2.76. The van der Waals surface area contributed by atoms with Crippen molar-refractivity contribution in [2.24, 2.45) is 0 Å². The van der Waals surface area contributed by atoms with Crippen LogP contribution in [0.15, 0.2) is 6.07 Å². The number of hydrogen-bond donors (Lipinski definition) is 0. The van der Waals surface area contributed by atoms with E-state index in [9.17, 15) is 0 Å². The van der Waals surface area contributed by atoms with Crippen LogP contribution in [0.25, 0.3) is 0 Å². The third-order valence-electron chi connectivity index (χ3n) is 2.18. The Kier molecular flexibility index (Phi) is 9.84. The molecule has 1 aromatic carbocycles. The van der Waals surface area contributed by atoms with Crippen LogP contribution in [0.1, 0.15) is 22.3 Å². The van der Waals surface area contributed by atoms with Crippen molar-refractivity contribution in [1.82, 2.24) is 0 Å². The molecule has 0 heterocycles. The molecule has 0 aliphatic heterocycles. The van der Waals surface area contributed by atoms with Crippen molar-refractivity contribution in [3.05, 3.63) is 43.2 Å². The Labute approximate surface area is 92.6 Å². The van der Waals surface area contributed by atoms with Crippen LogP contribution in [0.3, 0.4) is 0 Å². The van der Waals surface area contributed by atoms with E-state index >= 15 is 0 Å². The molecule has 0 atom stereocenters. The fourth-order valence-corrected chi connectivity index (χ4v) is 1.13. The van der Waals surface area contributed by atoms with Gasteiger partial charge in [-0.3, -0.25) is 0 Å². The van der Waals surface area contributed by atoms with Crippen LogP contribution in [0.4, 0.5) is 0 Å². The first-order valence-corrected chi connectivity index (χ1v) is 3.33. The minimum atomic E-state index is 0. The summed E-state index contributed by atoms with van der Waals surface area (Å²) in [5.74, 6) is 0. The van der Waals surface area contributed by atoms with Crippen LogP contribution < -0.4 is 0 Å². The van der Waals surface area contributed by atoms with Gasteiger partial charge >= 0.3 is 21.7 Å². The Balaban J connectivity index is -0.000000270. The van der Waals surface area contributed by atoms with Gasteiger partial charge in [0.1, 0.15) is 0 Å². The Morgan fingerprint density at radius 3 is 1.58 bits per heavy atom. The summed E-state index contributed by atoms with van der Waals surface area (Å²) in [5, 5.41) is 0. The second kappa shape index (κ2) is 6.57. The molecular weight excluding hydrogens is 180 g/mol. The predicted molar refractivity (Wildman–Crippen MR) is 53.8 cm³/mol. The molecule has 0 saturated heterocycles. The summed E-state index contributed by atoms with van der Waals surface area (Å²) in [5.41, 5.74) is 5.75. The van der Waals surface area contributed by atoms with Crippen LogP contribution in [-0.2, 0) is 21.7 Å². The normalized spacial score (nSPS) is 7.67. The van der Waals surface area contributed by atoms with Crippen molar-refractivity contribution in [3.8, 4) is 0 Å². The molecule has 1 rings (SSSR count). The molecule has 0 aromatic heterocycles. The Hall–Kier alpha value is 0.0643. The minimum Gasteiger partial charge on any atom is -0.358 e. The summed E-state index contributed by atoms with van der Waals surface area (Å²) in [4.78, 5) is 0. The summed E-state index contributed by atoms with van der Waals surface area (Å²) in [6.07, 6.45) is 0. The molecule has 0 nitrogen and oxygen atoms in total. The van der Waals surface area contributed by atoms with Gasteiger partial charge in [-0.15, -0.1) is 0 Å². The van der Waals surface area contributed by atoms with E-state index in [2.05, 4.69) is 33.8 Å². The van der Waals surface area contributed by atoms with Gasteiger partial charge < -0.3 is 14.9 Å². The van der Waals surface area contributed by atoms with Crippen molar-refractivity contribution >= 4 is 0 Å². The average molecular weight is 199 g/mol. The second-order valence-electron chi connectivity index (χ2n) is 2.76. The van der Waals surface area contributed by atoms with E-state index in [1.165, 1.54) is 22.3 Å². The first-order chi connectivity index (χ1) is 4.13. The van der Waals surface area contributed by atoms with E-state index in [0.29, 0.717) is 0 Å². The maximum atomic E-state index is 2.24. The third kappa shape index (κ3) is 3.20. The first kappa shape index (κ1) is 18.0. The molecule has 0 spiro atoms. The SMILES string of the molecule is Cc1c[c-](C)c(C)c1C.[CH3-].[CH3-].[Ti+3]. The van der Waals surface area contributed by atoms with E-state index in [1.54, 1.807) is 0 Å². The monoisotopic (exact) mass is 199 g/mol. The summed E-state index contributed by atoms with van der Waals surface area (Å²) in [6.45, 7) is 8.68. The fraction of sp³-hybridized carbons (Fsp3) is 0.364. The van der Waals surface area contributed by atoms with Crippen molar-refractivity contribution in [1.29, 1.82) is 0 Å². The van der Waals surface area contributed by atoms with Gasteiger partial charge in [-0.1, -0.05) is 27.7 Å². The molecule has 0 saturated carbocycles. The molecule has 0 amide bonds. The molecule has 0 bridgehead atoms. The zero-order valence-corrected chi connectivity index (χ0v) is 10.6. The van der Waals surface area contributed by atoms with E-state index in [1.807, 2.05) is 0 Å². The summed E-state index contributed by atoms with van der Waals surface area (Å²) in [7, 11) is 0. The molecule has 67 valence electrons. The van der Waals surface area contributed by atoms with E-state index in [4.69, 9.17) is 0 Å². The zero-order valence-electron chi connectivity index (χ0n) is 9.08. The Bertz CT molecular complexity index is 199. The summed E-state index contributed by atoms with van der Waals surface area (Å²) < 4.78 is 0. The molecule has 1 heteroatoms. The maximum absolute atomic E-state index is 2.24. The standard InChI is InChI=1S/C9H13.2CH3.Ti/c1-6-5-7(2)9(4)8(6)3;;;/h5H,1-4H3;2*1H3;/q3*-1;+3. The van der Waals surface area contributed by atoms with E-state index in [-0.39, 0.29) is 36.6 Å². The van der Waals surface area contributed by atoms with Crippen molar-refractivity contribution in [3.63, 3.8) is 0 Å². The number of aryl methyl sites for hydroxylation is 2. The summed E-state index contributed by atoms with van der Waals surface area (Å²) >= 11 is 0. The van der Waals surface area contributed by atoms with Crippen LogP contribution in [0.2, 0.25) is 0 Å². The van der Waals surface area contributed by atoms with Gasteiger partial charge in [0.05, 0.1) is 0 Å². The molecule has 0 N–H and O–H groups in total. The quantitative estimate of drug-likeness (QED) is 0.442. The van der Waals surface area contributed by atoms with Gasteiger partial charge in [0.25, 0.3) is 0 Å². The Morgan fingerprint density at radius 1 is 1.08 bits per heavy atom. The average Bonchev–Trinajstić information content (AvgIpc) is 1.98. The van der Waals surface area contributed by atoms with Crippen LogP contribution in [0, 0.1) is 42.5 Å². The Morgan fingerprint density at radius 2 is 1.50 bits per heavy atom. The fourth-order valence-electron chi connectivity index (χ4n) is 1.13. The zero-order chi connectivity index (χ0) is 7.02. The van der Waals surface area contributed by atoms with Gasteiger partial charge in [-0.2, -0.15) is 28.3 Å². The van der Waals surface area contributed by atoms with Crippen molar-refractivity contribution < 1.29 is 21.7 Å². The molecule has 0 unspecified atom stereocenters. The van der Waals surface area contributed by atoms with Crippen LogP contribution in [-0.4, -0.2) is 0 Å². The molecule has 0 fully saturated rings. The first-order valence-electron chi connectivity index (χ1n) is 3.33. The van der Waals surface area contributed by atoms with Crippen LogP contribution >= 0.6 is 0 Å². The van der Waals surface area contributed by atoms with Crippen molar-refractivity contribution in [2.45, 2.75) is 27.7 Å². The minimum absolute atomic E-state index is 0. The molecule has 0 aliphatic carbocycles. The molecule has 1 aromatic rings. The smallest absolute Gasteiger partial charge is 0.358 e. The molecular formula is C11H19Ti. The molecule has 12 heavy (non-hydrogen) atoms. The van der Waals surface area contributed by atoms with Gasteiger partial charge in [0.2, 0.25) is 0 Å². The van der Waals surface area contributed by atoms with Gasteiger partial charge in [-0.05, 0) is 0 Å². The van der Waals surface area contributed by atoms with Crippen molar-refractivity contribution in [2.75, 3.05) is 0 Å². The third-order valence-corrected chi connectivity index (χ3v) is 2.18. The largest absolute Gasteiger partial charge is 3.00 e. The topological polar surface area (TPSA) is 0 Å². The molecule has 0 aliphatic rings. The van der Waals surface area contributed by atoms with Gasteiger partial charge in [0.15, 0.2) is 0 Å². The molecule has 1 radical (unpaired) electrons. The number of rotatable bonds is 0. The van der Waals surface area contributed by atoms with E-state index in [0.717, 1.165) is 0 Å². The number of hydrogen-bond acceptors (Lipinski definition) is 0. The maximum Gasteiger partial charge on any atom is 3.00 e. The predicted octanol–water partition coefficient (Wildman–Crippen LogP) is 3.54. The van der Waals surface area contributed by atoms with Gasteiger partial charge in [0, 0.05) is 0 Å².